The van der Waals surface area contributed by atoms with Gasteiger partial charge in [0.15, 0.2) is 0 Å². The van der Waals surface area contributed by atoms with Crippen LogP contribution in [0.15, 0.2) is 24.3 Å². The van der Waals surface area contributed by atoms with Gasteiger partial charge >= 0.3 is 0 Å². The molecule has 0 amide bonds. The average molecular weight is 370 g/mol. The van der Waals surface area contributed by atoms with Crippen molar-refractivity contribution in [3.05, 3.63) is 41.0 Å². The molecule has 5 heteroatoms. The number of hydrogen-bond acceptors (Lipinski definition) is 2. The first-order chi connectivity index (χ1) is 9.71. The summed E-state index contributed by atoms with van der Waals surface area (Å²) in [6, 6.07) is 0. The molecule has 0 aromatic rings. The van der Waals surface area contributed by atoms with E-state index in [-0.39, 0.29) is 21.1 Å². The SMILES string of the molecule is CC=[N-].CC=[N-].C[C-]1CCC2C=CC=C[C@@H]12.[C-]=O.[CH-]=O.[Mo]. The van der Waals surface area contributed by atoms with Gasteiger partial charge in [-0.3, -0.25) is 6.79 Å². The zero-order chi connectivity index (χ0) is 16.4. The second-order valence-electron chi connectivity index (χ2n) is 3.86. The molecule has 2 rings (SSSR count). The molecule has 21 heavy (non-hydrogen) atoms. The van der Waals surface area contributed by atoms with Crippen LogP contribution in [0.5, 0.6) is 0 Å². The van der Waals surface area contributed by atoms with Crippen LogP contribution in [0.4, 0.5) is 0 Å². The molecule has 0 heterocycles. The number of nitrogens with zero attached hydrogens (tertiary/aromatic N) is 2. The van der Waals surface area contributed by atoms with Gasteiger partial charge in [-0.2, -0.15) is 13.3 Å². The molecule has 0 aromatic carbocycles. The molecule has 2 aliphatic carbocycles. The fraction of sp³-hybridized carbons (Fsp3) is 0.438. The standard InChI is InChI=1S/C10H13.2C2H4N.CHO.CO.Mo/c1-8-6-7-9-4-2-3-5-10(8)9;2*1-2-3;2*1-2;/h2-5,9-10H,6-7H2,1H3;2*2H,1H3;1H;;/q5*-1;/t9?,10-;;;;;/m0...../s1. The van der Waals surface area contributed by atoms with E-state index in [1.165, 1.54) is 12.8 Å². The Morgan fingerprint density at radius 1 is 1.14 bits per heavy atom. The van der Waals surface area contributed by atoms with Gasteiger partial charge in [0, 0.05) is 21.1 Å². The Kier molecular flexibility index (Phi) is 32.0. The van der Waals surface area contributed by atoms with E-state index in [0.717, 1.165) is 24.3 Å². The minimum atomic E-state index is 0. The van der Waals surface area contributed by atoms with Gasteiger partial charge in [0.2, 0.25) is 0 Å². The fourth-order valence-electron chi connectivity index (χ4n) is 2.02. The summed E-state index contributed by atoms with van der Waals surface area (Å²) in [7, 11) is 0. The zero-order valence-electron chi connectivity index (χ0n) is 12.7. The molecule has 0 spiro atoms. The molecule has 0 bridgehead atoms. The smallest absolute Gasteiger partial charge is 0 e. The molecule has 1 fully saturated rings. The van der Waals surface area contributed by atoms with Crippen molar-refractivity contribution >= 4 is 26.0 Å². The van der Waals surface area contributed by atoms with E-state index < -0.39 is 0 Å². The fourth-order valence-corrected chi connectivity index (χ4v) is 2.02. The summed E-state index contributed by atoms with van der Waals surface area (Å²) >= 11 is 0. The molecule has 0 saturated heterocycles. The summed E-state index contributed by atoms with van der Waals surface area (Å²) in [5.74, 6) is 3.29. The van der Waals surface area contributed by atoms with E-state index in [9.17, 15) is 0 Å². The van der Waals surface area contributed by atoms with Crippen molar-refractivity contribution < 1.29 is 30.7 Å². The Morgan fingerprint density at radius 2 is 1.52 bits per heavy atom. The number of carbonyl (C=O) groups excluding carboxylic acids is 2. The molecule has 0 N–H and O–H groups in total. The van der Waals surface area contributed by atoms with Gasteiger partial charge in [-0.1, -0.05) is 38.5 Å². The van der Waals surface area contributed by atoms with Crippen LogP contribution < -0.4 is 0 Å². The normalized spacial score (nSPS) is 20.0. The van der Waals surface area contributed by atoms with Crippen molar-refractivity contribution in [2.75, 3.05) is 0 Å². The van der Waals surface area contributed by atoms with Crippen molar-refractivity contribution in [3.8, 4) is 0 Å². The van der Waals surface area contributed by atoms with Gasteiger partial charge in [0.1, 0.15) is 0 Å². The van der Waals surface area contributed by atoms with Crippen LogP contribution in [0.1, 0.15) is 33.6 Å². The number of rotatable bonds is 0. The van der Waals surface area contributed by atoms with Gasteiger partial charge in [-0.25, -0.2) is 12.4 Å². The Labute approximate surface area is 143 Å². The first-order valence-electron chi connectivity index (χ1n) is 6.16. The maximum atomic E-state index is 7.75. The predicted octanol–water partition coefficient (Wildman–Crippen LogP) is 3.35. The second-order valence-corrected chi connectivity index (χ2v) is 3.86. The van der Waals surface area contributed by atoms with Gasteiger partial charge < -0.3 is 33.1 Å². The summed E-state index contributed by atoms with van der Waals surface area (Å²) in [5.41, 5.74) is 0. The largest absolute Gasteiger partial charge is 0.814 e. The Bertz CT molecular complexity index is 286. The number of hydrogen-bond donors (Lipinski definition) is 0. The summed E-state index contributed by atoms with van der Waals surface area (Å²) in [6.07, 6.45) is 13.8. The molecule has 0 aromatic heterocycles. The number of fused-ring (bicyclic) bond motifs is 1. The second kappa shape index (κ2) is 23.9. The quantitative estimate of drug-likeness (QED) is 0.284. The zero-order valence-corrected chi connectivity index (χ0v) is 14.7. The molecule has 1 radical (unpaired) electrons. The number of allylic oxidation sites excluding steroid dienone is 4. The van der Waals surface area contributed by atoms with Crippen molar-refractivity contribution in [2.24, 2.45) is 11.8 Å². The topological polar surface area (TPSA) is 78.7 Å². The van der Waals surface area contributed by atoms with E-state index in [0.29, 0.717) is 0 Å². The van der Waals surface area contributed by atoms with Crippen molar-refractivity contribution in [1.29, 1.82) is 0 Å². The van der Waals surface area contributed by atoms with Crippen LogP contribution in [-0.2, 0) is 30.7 Å². The van der Waals surface area contributed by atoms with Crippen molar-refractivity contribution in [3.63, 3.8) is 0 Å². The van der Waals surface area contributed by atoms with E-state index in [4.69, 9.17) is 20.4 Å². The molecular weight excluding hydrogens is 348 g/mol. The summed E-state index contributed by atoms with van der Waals surface area (Å²) in [6.45, 7) is 13.1. The van der Waals surface area contributed by atoms with E-state index in [1.54, 1.807) is 19.8 Å². The first kappa shape index (κ1) is 28.1. The maximum absolute atomic E-state index is 7.75. The third-order valence-corrected chi connectivity index (χ3v) is 2.69. The van der Waals surface area contributed by atoms with E-state index >= 15 is 0 Å². The van der Waals surface area contributed by atoms with Crippen LogP contribution in [0, 0.1) is 17.8 Å². The van der Waals surface area contributed by atoms with Crippen LogP contribution in [0.2, 0.25) is 0 Å². The molecule has 1 saturated carbocycles. The Balaban J connectivity index is -0.000000113. The predicted molar refractivity (Wildman–Crippen MR) is 86.0 cm³/mol. The van der Waals surface area contributed by atoms with Crippen molar-refractivity contribution in [2.45, 2.75) is 33.6 Å². The molecule has 2 atom stereocenters. The average Bonchev–Trinajstić information content (AvgIpc) is 2.87. The third-order valence-electron chi connectivity index (χ3n) is 2.69. The third kappa shape index (κ3) is 15.1. The van der Waals surface area contributed by atoms with Crippen LogP contribution in [-0.4, -0.2) is 26.0 Å². The molecule has 1 unspecified atom stereocenters. The molecule has 119 valence electrons. The summed E-state index contributed by atoms with van der Waals surface area (Å²) in [4.78, 5) is 15.2. The molecule has 2 aliphatic rings. The van der Waals surface area contributed by atoms with Crippen LogP contribution in [0.25, 0.3) is 10.8 Å². The van der Waals surface area contributed by atoms with Crippen LogP contribution in [0.3, 0.4) is 0 Å². The summed E-state index contributed by atoms with van der Waals surface area (Å²) < 4.78 is 0. The van der Waals surface area contributed by atoms with E-state index in [1.807, 2.05) is 0 Å². The molecular formula is C16H22MoN2O2-5. The van der Waals surface area contributed by atoms with Gasteiger partial charge in [-0.05, 0) is 5.92 Å². The minimum Gasteiger partial charge on any atom is -0.814 e. The minimum absolute atomic E-state index is 0. The van der Waals surface area contributed by atoms with Gasteiger partial charge in [0.25, 0.3) is 0 Å². The monoisotopic (exact) mass is 372 g/mol. The first-order valence-corrected chi connectivity index (χ1v) is 6.16. The van der Waals surface area contributed by atoms with Crippen LogP contribution >= 0.6 is 0 Å². The Morgan fingerprint density at radius 3 is 1.90 bits per heavy atom. The Hall–Kier alpha value is -1.15. The van der Waals surface area contributed by atoms with Gasteiger partial charge in [-0.15, -0.1) is 12.0 Å². The molecule has 4 nitrogen and oxygen atoms in total. The molecule has 0 aliphatic heterocycles. The summed E-state index contributed by atoms with van der Waals surface area (Å²) in [5, 5.41) is 14.9. The van der Waals surface area contributed by atoms with E-state index in [2.05, 4.69) is 44.8 Å². The van der Waals surface area contributed by atoms with Gasteiger partial charge in [0.05, 0.1) is 0 Å². The van der Waals surface area contributed by atoms with Crippen molar-refractivity contribution in [1.82, 2.24) is 0 Å². The maximum Gasteiger partial charge on any atom is 0 e.